The predicted octanol–water partition coefficient (Wildman–Crippen LogP) is 2.18. The molecule has 0 unspecified atom stereocenters. The zero-order chi connectivity index (χ0) is 26.9. The summed E-state index contributed by atoms with van der Waals surface area (Å²) in [6, 6.07) is 7.16. The van der Waals surface area contributed by atoms with Crippen molar-refractivity contribution in [2.75, 3.05) is 53.9 Å². The highest BCUT2D eigenvalue weighted by Gasteiger charge is 2.31. The Morgan fingerprint density at radius 2 is 1.76 bits per heavy atom. The van der Waals surface area contributed by atoms with Crippen molar-refractivity contribution in [2.24, 2.45) is 5.92 Å². The Bertz CT molecular complexity index is 960. The molecule has 2 heterocycles. The number of carbonyl (C=O) groups excluding carboxylic acids is 4. The van der Waals surface area contributed by atoms with Gasteiger partial charge in [0.2, 0.25) is 17.7 Å². The first kappa shape index (κ1) is 28.5. The van der Waals surface area contributed by atoms with E-state index in [9.17, 15) is 19.2 Å². The number of aryl methyl sites for hydroxylation is 1. The van der Waals surface area contributed by atoms with Gasteiger partial charge in [0.1, 0.15) is 11.8 Å². The van der Waals surface area contributed by atoms with Crippen molar-refractivity contribution in [3.63, 3.8) is 0 Å². The second kappa shape index (κ2) is 13.4. The van der Waals surface area contributed by atoms with Crippen LogP contribution in [-0.2, 0) is 25.6 Å². The summed E-state index contributed by atoms with van der Waals surface area (Å²) in [6.45, 7) is 3.79. The van der Waals surface area contributed by atoms with Crippen LogP contribution >= 0.6 is 0 Å². The minimum absolute atomic E-state index is 0.0508. The van der Waals surface area contributed by atoms with E-state index in [2.05, 4.69) is 0 Å². The van der Waals surface area contributed by atoms with Crippen LogP contribution < -0.4 is 4.74 Å². The van der Waals surface area contributed by atoms with E-state index < -0.39 is 6.04 Å². The summed E-state index contributed by atoms with van der Waals surface area (Å²) in [6.07, 6.45) is 5.03. The van der Waals surface area contributed by atoms with Crippen LogP contribution in [0.4, 0.5) is 0 Å². The number of ether oxygens (including phenoxy) is 1. The summed E-state index contributed by atoms with van der Waals surface area (Å²) in [5.74, 6) is 0.436. The van der Waals surface area contributed by atoms with Gasteiger partial charge in [0.25, 0.3) is 5.91 Å². The molecule has 1 saturated heterocycles. The molecular weight excluding hydrogens is 472 g/mol. The smallest absolute Gasteiger partial charge is 0.260 e. The average molecular weight is 515 g/mol. The van der Waals surface area contributed by atoms with E-state index in [4.69, 9.17) is 4.74 Å². The van der Waals surface area contributed by atoms with Crippen LogP contribution in [0.25, 0.3) is 0 Å². The molecule has 1 fully saturated rings. The van der Waals surface area contributed by atoms with Crippen LogP contribution in [0.2, 0.25) is 0 Å². The number of para-hydroxylation sites is 1. The molecule has 0 saturated carbocycles. The third-order valence-electron chi connectivity index (χ3n) is 7.67. The maximum Gasteiger partial charge on any atom is 0.260 e. The number of fused-ring (bicyclic) bond motifs is 1. The van der Waals surface area contributed by atoms with E-state index in [1.54, 1.807) is 42.8 Å². The van der Waals surface area contributed by atoms with Crippen LogP contribution in [0.1, 0.15) is 51.0 Å². The second-order valence-electron chi connectivity index (χ2n) is 10.3. The van der Waals surface area contributed by atoms with Crippen LogP contribution in [0.5, 0.6) is 5.75 Å². The Kier molecular flexibility index (Phi) is 10.3. The molecule has 204 valence electrons. The molecule has 3 rings (SSSR count). The summed E-state index contributed by atoms with van der Waals surface area (Å²) in [4.78, 5) is 57.6. The number of hydrogen-bond donors (Lipinski definition) is 0. The summed E-state index contributed by atoms with van der Waals surface area (Å²) in [5.41, 5.74) is 1.07. The number of nitrogens with zero attached hydrogens (tertiary/aromatic N) is 4. The molecule has 0 N–H and O–H groups in total. The molecule has 9 nitrogen and oxygen atoms in total. The fourth-order valence-corrected chi connectivity index (χ4v) is 5.16. The molecule has 37 heavy (non-hydrogen) atoms. The molecule has 0 spiro atoms. The topological polar surface area (TPSA) is 90.5 Å². The highest BCUT2D eigenvalue weighted by atomic mass is 16.5. The van der Waals surface area contributed by atoms with Gasteiger partial charge in [-0.2, -0.15) is 0 Å². The average Bonchev–Trinajstić information content (AvgIpc) is 2.91. The van der Waals surface area contributed by atoms with Crippen LogP contribution in [-0.4, -0.2) is 103 Å². The Labute approximate surface area is 220 Å². The fraction of sp³-hybridized carbons (Fsp3) is 0.643. The number of amides is 4. The van der Waals surface area contributed by atoms with Gasteiger partial charge < -0.3 is 24.3 Å². The molecule has 2 aliphatic heterocycles. The van der Waals surface area contributed by atoms with Crippen molar-refractivity contribution in [3.05, 3.63) is 29.8 Å². The molecule has 0 aliphatic carbocycles. The summed E-state index contributed by atoms with van der Waals surface area (Å²) in [5, 5.41) is 0. The molecular formula is C28H42N4O5. The Balaban J connectivity index is 1.59. The van der Waals surface area contributed by atoms with Crippen molar-refractivity contribution in [1.29, 1.82) is 0 Å². The Morgan fingerprint density at radius 3 is 2.46 bits per heavy atom. The number of piperidine rings is 1. The molecule has 9 heteroatoms. The quantitative estimate of drug-likeness (QED) is 0.601. The highest BCUT2D eigenvalue weighted by Crippen LogP contribution is 2.22. The van der Waals surface area contributed by atoms with Crippen molar-refractivity contribution in [2.45, 2.75) is 57.9 Å². The van der Waals surface area contributed by atoms with E-state index in [1.165, 1.54) is 4.90 Å². The van der Waals surface area contributed by atoms with Gasteiger partial charge in [0.05, 0.1) is 0 Å². The normalized spacial score (nSPS) is 20.3. The predicted molar refractivity (Wildman–Crippen MR) is 141 cm³/mol. The second-order valence-corrected chi connectivity index (χ2v) is 10.3. The number of rotatable bonds is 5. The standard InChI is InChI=1S/C28H42N4O5/c1-21(33)32-18-14-23(15-19-32)27(35)29(2)17-9-12-24-28(36)30(3)16-8-7-11-22-10-5-6-13-25(22)37-20-26(34)31(24)4/h5-6,10,13,23-24H,7-9,11-12,14-20H2,1-4H3/t24-/m0/s1. The first-order valence-corrected chi connectivity index (χ1v) is 13.4. The van der Waals surface area contributed by atoms with Gasteiger partial charge >= 0.3 is 0 Å². The van der Waals surface area contributed by atoms with Gasteiger partial charge in [-0.3, -0.25) is 19.2 Å². The lowest BCUT2D eigenvalue weighted by Gasteiger charge is -2.33. The summed E-state index contributed by atoms with van der Waals surface area (Å²) >= 11 is 0. The van der Waals surface area contributed by atoms with Crippen LogP contribution in [0, 0.1) is 5.92 Å². The number of likely N-dealkylation sites (tertiary alicyclic amines) is 1. The van der Waals surface area contributed by atoms with Gasteiger partial charge in [-0.15, -0.1) is 0 Å². The van der Waals surface area contributed by atoms with Gasteiger partial charge in [0.15, 0.2) is 6.61 Å². The molecule has 1 aromatic rings. The van der Waals surface area contributed by atoms with Crippen molar-refractivity contribution < 1.29 is 23.9 Å². The zero-order valence-electron chi connectivity index (χ0n) is 22.8. The van der Waals surface area contributed by atoms with E-state index in [1.807, 2.05) is 24.3 Å². The molecule has 1 atom stereocenters. The maximum atomic E-state index is 13.3. The summed E-state index contributed by atoms with van der Waals surface area (Å²) in [7, 11) is 5.24. The van der Waals surface area contributed by atoms with Gasteiger partial charge in [-0.05, 0) is 56.6 Å². The monoisotopic (exact) mass is 514 g/mol. The molecule has 0 aromatic heterocycles. The minimum Gasteiger partial charge on any atom is -0.483 e. The number of benzene rings is 1. The third kappa shape index (κ3) is 7.69. The first-order chi connectivity index (χ1) is 17.7. The van der Waals surface area contributed by atoms with Crippen molar-refractivity contribution >= 4 is 23.6 Å². The number of likely N-dealkylation sites (N-methyl/N-ethyl adjacent to an activating group) is 2. The molecule has 4 amide bonds. The molecule has 0 bridgehead atoms. The van der Waals surface area contributed by atoms with Gasteiger partial charge in [0, 0.05) is 60.2 Å². The Morgan fingerprint density at radius 1 is 1.05 bits per heavy atom. The SMILES string of the molecule is CC(=O)N1CCC(C(=O)N(C)CCC[C@H]2C(=O)N(C)CCCCc3ccccc3OCC(=O)N2C)CC1. The molecule has 2 aliphatic rings. The van der Waals surface area contributed by atoms with E-state index in [0.717, 1.165) is 24.8 Å². The Hall–Kier alpha value is -3.10. The maximum absolute atomic E-state index is 13.3. The fourth-order valence-electron chi connectivity index (χ4n) is 5.16. The lowest BCUT2D eigenvalue weighted by atomic mass is 9.95. The number of hydrogen-bond acceptors (Lipinski definition) is 5. The first-order valence-electron chi connectivity index (χ1n) is 13.4. The van der Waals surface area contributed by atoms with Crippen molar-refractivity contribution in [1.82, 2.24) is 19.6 Å². The highest BCUT2D eigenvalue weighted by molar-refractivity contribution is 5.88. The van der Waals surface area contributed by atoms with Gasteiger partial charge in [-0.25, -0.2) is 0 Å². The third-order valence-corrected chi connectivity index (χ3v) is 7.67. The zero-order valence-corrected chi connectivity index (χ0v) is 22.8. The molecule has 1 aromatic carbocycles. The number of carbonyl (C=O) groups is 4. The van der Waals surface area contributed by atoms with E-state index >= 15 is 0 Å². The van der Waals surface area contributed by atoms with E-state index in [0.29, 0.717) is 57.6 Å². The van der Waals surface area contributed by atoms with Gasteiger partial charge in [-0.1, -0.05) is 18.2 Å². The molecule has 0 radical (unpaired) electrons. The lowest BCUT2D eigenvalue weighted by Crippen LogP contribution is -2.50. The van der Waals surface area contributed by atoms with E-state index in [-0.39, 0.29) is 36.2 Å². The summed E-state index contributed by atoms with van der Waals surface area (Å²) < 4.78 is 5.86. The largest absolute Gasteiger partial charge is 0.483 e. The minimum atomic E-state index is -0.612. The lowest BCUT2D eigenvalue weighted by molar-refractivity contribution is -0.145. The van der Waals surface area contributed by atoms with Crippen LogP contribution in [0.3, 0.4) is 0 Å². The van der Waals surface area contributed by atoms with Crippen molar-refractivity contribution in [3.8, 4) is 5.75 Å². The van der Waals surface area contributed by atoms with Crippen LogP contribution in [0.15, 0.2) is 24.3 Å².